The largest absolute Gasteiger partial charge is 0.325 e. The molecule has 31 heavy (non-hydrogen) atoms. The zero-order valence-electron chi connectivity index (χ0n) is 16.7. The van der Waals surface area contributed by atoms with Crippen LogP contribution >= 0.6 is 0 Å². The van der Waals surface area contributed by atoms with E-state index in [0.29, 0.717) is 11.3 Å². The first-order chi connectivity index (χ1) is 14.7. The van der Waals surface area contributed by atoms with E-state index in [0.717, 1.165) is 29.8 Å². The molecule has 0 saturated carbocycles. The minimum atomic E-state index is -4.09. The minimum Gasteiger partial charge on any atom is -0.325 e. The summed E-state index contributed by atoms with van der Waals surface area (Å²) in [5, 5.41) is 2.66. The molecule has 8 heteroatoms. The number of amides is 1. The Morgan fingerprint density at radius 2 is 1.61 bits per heavy atom. The number of hydrogen-bond acceptors (Lipinski definition) is 4. The van der Waals surface area contributed by atoms with Gasteiger partial charge in [-0.1, -0.05) is 42.5 Å². The fourth-order valence-electron chi connectivity index (χ4n) is 2.95. The van der Waals surface area contributed by atoms with Crippen LogP contribution in [0.4, 0.5) is 10.1 Å². The first-order valence-corrected chi connectivity index (χ1v) is 11.0. The van der Waals surface area contributed by atoms with E-state index < -0.39 is 27.8 Å². The van der Waals surface area contributed by atoms with Crippen molar-refractivity contribution in [1.82, 2.24) is 4.72 Å². The van der Waals surface area contributed by atoms with Gasteiger partial charge in [-0.2, -0.15) is 4.72 Å². The molecule has 1 amide bonds. The molecule has 6 nitrogen and oxygen atoms in total. The summed E-state index contributed by atoms with van der Waals surface area (Å²) >= 11 is 0. The summed E-state index contributed by atoms with van der Waals surface area (Å²) in [7, 11) is -4.09. The summed E-state index contributed by atoms with van der Waals surface area (Å²) < 4.78 is 41.2. The maximum atomic E-state index is 13.2. The van der Waals surface area contributed by atoms with E-state index in [9.17, 15) is 22.4 Å². The second kappa shape index (κ2) is 9.63. The molecule has 1 atom stereocenters. The van der Waals surface area contributed by atoms with Gasteiger partial charge in [0, 0.05) is 11.3 Å². The molecule has 0 aliphatic heterocycles. The molecule has 0 aromatic heterocycles. The molecule has 0 aliphatic rings. The molecule has 0 spiro atoms. The number of anilines is 1. The van der Waals surface area contributed by atoms with Crippen LogP contribution in [0.1, 0.15) is 22.8 Å². The van der Waals surface area contributed by atoms with Gasteiger partial charge in [-0.25, -0.2) is 12.8 Å². The van der Waals surface area contributed by atoms with E-state index in [1.54, 1.807) is 42.5 Å². The second-order valence-corrected chi connectivity index (χ2v) is 8.66. The van der Waals surface area contributed by atoms with Gasteiger partial charge in [0.25, 0.3) is 0 Å². The lowest BCUT2D eigenvalue weighted by molar-refractivity contribution is -0.117. The highest BCUT2D eigenvalue weighted by Crippen LogP contribution is 2.15. The quantitative estimate of drug-likeness (QED) is 0.524. The van der Waals surface area contributed by atoms with Crippen molar-refractivity contribution in [2.75, 3.05) is 5.32 Å². The lowest BCUT2D eigenvalue weighted by atomic mass is 10.1. The summed E-state index contributed by atoms with van der Waals surface area (Å²) in [5.41, 5.74) is 1.54. The molecule has 0 bridgehead atoms. The highest BCUT2D eigenvalue weighted by atomic mass is 32.2. The number of hydrogen-bond donors (Lipinski definition) is 2. The zero-order chi connectivity index (χ0) is 22.4. The molecular formula is C23H21FN2O4S. The SMILES string of the molecule is CC(=O)c1cccc(NC(=O)[C@@H](Cc2ccccc2)NS(=O)(=O)c2ccc(F)cc2)c1. The molecule has 0 unspecified atom stereocenters. The minimum absolute atomic E-state index is 0.0967. The maximum absolute atomic E-state index is 13.2. The van der Waals surface area contributed by atoms with Crippen LogP contribution in [0.2, 0.25) is 0 Å². The van der Waals surface area contributed by atoms with E-state index in [-0.39, 0.29) is 17.1 Å². The van der Waals surface area contributed by atoms with Crippen LogP contribution in [0.15, 0.2) is 83.8 Å². The van der Waals surface area contributed by atoms with Crippen LogP contribution in [0.3, 0.4) is 0 Å². The zero-order valence-corrected chi connectivity index (χ0v) is 17.5. The number of Topliss-reactive ketones (excluding diaryl/α,β-unsaturated/α-hetero) is 1. The Bertz CT molecular complexity index is 1180. The van der Waals surface area contributed by atoms with Crippen molar-refractivity contribution < 1.29 is 22.4 Å². The number of sulfonamides is 1. The summed E-state index contributed by atoms with van der Waals surface area (Å²) in [6.07, 6.45) is 0.0967. The molecule has 0 aliphatic carbocycles. The molecule has 0 fully saturated rings. The first-order valence-electron chi connectivity index (χ1n) is 9.48. The number of ketones is 1. The van der Waals surface area contributed by atoms with Crippen LogP contribution in [0.5, 0.6) is 0 Å². The number of rotatable bonds is 8. The molecular weight excluding hydrogens is 419 g/mol. The number of carbonyl (C=O) groups excluding carboxylic acids is 2. The van der Waals surface area contributed by atoms with Crippen molar-refractivity contribution in [3.05, 3.63) is 95.8 Å². The van der Waals surface area contributed by atoms with Crippen molar-refractivity contribution in [3.63, 3.8) is 0 Å². The van der Waals surface area contributed by atoms with E-state index in [1.807, 2.05) is 6.07 Å². The topological polar surface area (TPSA) is 92.3 Å². The van der Waals surface area contributed by atoms with Gasteiger partial charge in [0.15, 0.2) is 5.78 Å². The van der Waals surface area contributed by atoms with E-state index >= 15 is 0 Å². The third-order valence-corrected chi connectivity index (χ3v) is 6.04. The Balaban J connectivity index is 1.86. The van der Waals surface area contributed by atoms with Crippen molar-refractivity contribution in [2.24, 2.45) is 0 Å². The smallest absolute Gasteiger partial charge is 0.242 e. The average molecular weight is 440 g/mol. The Labute approximate surface area is 180 Å². The fraction of sp³-hybridized carbons (Fsp3) is 0.130. The molecule has 0 saturated heterocycles. The Hall–Kier alpha value is -3.36. The summed E-state index contributed by atoms with van der Waals surface area (Å²) in [6.45, 7) is 1.41. The molecule has 3 aromatic rings. The molecule has 0 radical (unpaired) electrons. The highest BCUT2D eigenvalue weighted by Gasteiger charge is 2.26. The second-order valence-electron chi connectivity index (χ2n) is 6.94. The van der Waals surface area contributed by atoms with Gasteiger partial charge < -0.3 is 5.32 Å². The van der Waals surface area contributed by atoms with Gasteiger partial charge in [-0.3, -0.25) is 9.59 Å². The number of carbonyl (C=O) groups is 2. The predicted octanol–water partition coefficient (Wildman–Crippen LogP) is 3.56. The average Bonchev–Trinajstić information content (AvgIpc) is 2.74. The third kappa shape index (κ3) is 6.07. The van der Waals surface area contributed by atoms with Gasteiger partial charge in [0.1, 0.15) is 11.9 Å². The highest BCUT2D eigenvalue weighted by molar-refractivity contribution is 7.89. The van der Waals surface area contributed by atoms with Crippen molar-refractivity contribution in [3.8, 4) is 0 Å². The molecule has 2 N–H and O–H groups in total. The fourth-order valence-corrected chi connectivity index (χ4v) is 4.15. The van der Waals surface area contributed by atoms with E-state index in [4.69, 9.17) is 0 Å². The van der Waals surface area contributed by atoms with Gasteiger partial charge in [-0.15, -0.1) is 0 Å². The molecule has 3 aromatic carbocycles. The first kappa shape index (κ1) is 22.3. The van der Waals surface area contributed by atoms with Crippen molar-refractivity contribution in [1.29, 1.82) is 0 Å². The standard InChI is InChI=1S/C23H21FN2O4S/c1-16(27)18-8-5-9-20(15-18)25-23(28)22(14-17-6-3-2-4-7-17)26-31(29,30)21-12-10-19(24)11-13-21/h2-13,15,22,26H,14H2,1H3,(H,25,28)/t22-/m1/s1. The summed E-state index contributed by atoms with van der Waals surface area (Å²) in [6, 6.07) is 18.5. The summed E-state index contributed by atoms with van der Waals surface area (Å²) in [4.78, 5) is 24.4. The van der Waals surface area contributed by atoms with Crippen LogP contribution in [0.25, 0.3) is 0 Å². The lowest BCUT2D eigenvalue weighted by Crippen LogP contribution is -2.45. The van der Waals surface area contributed by atoms with Gasteiger partial charge >= 0.3 is 0 Å². The lowest BCUT2D eigenvalue weighted by Gasteiger charge is -2.19. The maximum Gasteiger partial charge on any atom is 0.242 e. The monoisotopic (exact) mass is 440 g/mol. The van der Waals surface area contributed by atoms with E-state index in [2.05, 4.69) is 10.0 Å². The van der Waals surface area contributed by atoms with Crippen LogP contribution in [-0.2, 0) is 21.2 Å². The predicted molar refractivity (Wildman–Crippen MR) is 116 cm³/mol. The third-order valence-electron chi connectivity index (χ3n) is 4.56. The normalized spacial score (nSPS) is 12.2. The van der Waals surface area contributed by atoms with Gasteiger partial charge in [0.05, 0.1) is 4.90 Å². The van der Waals surface area contributed by atoms with Gasteiger partial charge in [0.2, 0.25) is 15.9 Å². The summed E-state index contributed by atoms with van der Waals surface area (Å²) in [5.74, 6) is -1.31. The molecule has 160 valence electrons. The van der Waals surface area contributed by atoms with Gasteiger partial charge in [-0.05, 0) is 55.3 Å². The number of benzene rings is 3. The van der Waals surface area contributed by atoms with Crippen LogP contribution < -0.4 is 10.0 Å². The molecule has 3 rings (SSSR count). The Morgan fingerprint density at radius 3 is 2.26 bits per heavy atom. The van der Waals surface area contributed by atoms with E-state index in [1.165, 1.54) is 13.0 Å². The Kier molecular flexibility index (Phi) is 6.94. The van der Waals surface area contributed by atoms with Crippen LogP contribution in [0, 0.1) is 5.82 Å². The Morgan fingerprint density at radius 1 is 0.935 bits per heavy atom. The van der Waals surface area contributed by atoms with Crippen molar-refractivity contribution >= 4 is 27.4 Å². The molecule has 0 heterocycles. The van der Waals surface area contributed by atoms with Crippen molar-refractivity contribution in [2.45, 2.75) is 24.3 Å². The van der Waals surface area contributed by atoms with Crippen LogP contribution in [-0.4, -0.2) is 26.2 Å². The number of halogens is 1. The number of nitrogens with one attached hydrogen (secondary N) is 2.